The Labute approximate surface area is 137 Å². The van der Waals surface area contributed by atoms with E-state index in [1.54, 1.807) is 24.3 Å². The lowest BCUT2D eigenvalue weighted by Gasteiger charge is -2.03. The summed E-state index contributed by atoms with van der Waals surface area (Å²) < 4.78 is 0. The average molecular weight is 310 g/mol. The van der Waals surface area contributed by atoms with E-state index in [0.717, 1.165) is 18.4 Å². The Morgan fingerprint density at radius 1 is 0.739 bits per heavy atom. The van der Waals surface area contributed by atoms with E-state index in [0.29, 0.717) is 19.3 Å². The lowest BCUT2D eigenvalue weighted by Crippen LogP contribution is -2.09. The third-order valence-electron chi connectivity index (χ3n) is 3.79. The molecule has 3 heteroatoms. The first-order valence-corrected chi connectivity index (χ1v) is 7.99. The third-order valence-corrected chi connectivity index (χ3v) is 3.79. The standard InChI is InChI=1S/C20H22O3/c21-18-12-9-17(10-13-18)11-14-20(23)15-19(22)8-4-7-16-5-2-1-3-6-16/h1-3,5-6,9-10,12-13,21H,4,7-8,11,14-15H2. The number of hydrogen-bond acceptors (Lipinski definition) is 3. The van der Waals surface area contributed by atoms with Crippen LogP contribution in [0.3, 0.4) is 0 Å². The molecule has 0 aliphatic carbocycles. The van der Waals surface area contributed by atoms with Crippen molar-refractivity contribution in [1.82, 2.24) is 0 Å². The second-order valence-electron chi connectivity index (χ2n) is 5.76. The van der Waals surface area contributed by atoms with Crippen LogP contribution in [0.25, 0.3) is 0 Å². The first-order valence-electron chi connectivity index (χ1n) is 7.99. The van der Waals surface area contributed by atoms with Gasteiger partial charge in [-0.1, -0.05) is 42.5 Å². The van der Waals surface area contributed by atoms with E-state index < -0.39 is 0 Å². The Bertz CT molecular complexity index is 630. The van der Waals surface area contributed by atoms with Gasteiger partial charge in [0, 0.05) is 12.8 Å². The van der Waals surface area contributed by atoms with Crippen molar-refractivity contribution in [3.8, 4) is 5.75 Å². The van der Waals surface area contributed by atoms with Gasteiger partial charge in [0.15, 0.2) is 0 Å². The topological polar surface area (TPSA) is 54.4 Å². The van der Waals surface area contributed by atoms with Crippen molar-refractivity contribution in [2.24, 2.45) is 0 Å². The Kier molecular flexibility index (Phi) is 6.55. The summed E-state index contributed by atoms with van der Waals surface area (Å²) in [5.74, 6) is 0.230. The fourth-order valence-electron chi connectivity index (χ4n) is 2.48. The summed E-state index contributed by atoms with van der Waals surface area (Å²) in [4.78, 5) is 23.7. The SMILES string of the molecule is O=C(CCCc1ccccc1)CC(=O)CCc1ccc(O)cc1. The highest BCUT2D eigenvalue weighted by atomic mass is 16.3. The molecule has 0 radical (unpaired) electrons. The zero-order valence-corrected chi connectivity index (χ0v) is 13.2. The second kappa shape index (κ2) is 8.89. The molecule has 2 rings (SSSR count). The maximum atomic E-state index is 11.9. The normalized spacial score (nSPS) is 10.4. The molecule has 0 aliphatic heterocycles. The molecule has 0 amide bonds. The Balaban J connectivity index is 1.64. The molecule has 0 aromatic heterocycles. The van der Waals surface area contributed by atoms with E-state index >= 15 is 0 Å². The fourth-order valence-corrected chi connectivity index (χ4v) is 2.48. The van der Waals surface area contributed by atoms with Crippen molar-refractivity contribution >= 4 is 11.6 Å². The molecule has 0 fully saturated rings. The van der Waals surface area contributed by atoms with E-state index in [4.69, 9.17) is 0 Å². The van der Waals surface area contributed by atoms with E-state index in [9.17, 15) is 14.7 Å². The van der Waals surface area contributed by atoms with Crippen LogP contribution in [0.4, 0.5) is 0 Å². The van der Waals surface area contributed by atoms with Gasteiger partial charge in [-0.25, -0.2) is 0 Å². The number of ketones is 2. The zero-order valence-electron chi connectivity index (χ0n) is 13.2. The molecule has 0 heterocycles. The van der Waals surface area contributed by atoms with Gasteiger partial charge in [-0.15, -0.1) is 0 Å². The molecule has 0 unspecified atom stereocenters. The molecule has 0 spiro atoms. The highest BCUT2D eigenvalue weighted by molar-refractivity contribution is 5.99. The number of carbonyl (C=O) groups excluding carboxylic acids is 2. The molecule has 2 aromatic rings. The first-order chi connectivity index (χ1) is 11.1. The predicted molar refractivity (Wildman–Crippen MR) is 90.4 cm³/mol. The second-order valence-corrected chi connectivity index (χ2v) is 5.76. The fraction of sp³-hybridized carbons (Fsp3) is 0.300. The van der Waals surface area contributed by atoms with Gasteiger partial charge in [-0.2, -0.15) is 0 Å². The third kappa shape index (κ3) is 6.47. The van der Waals surface area contributed by atoms with Crippen molar-refractivity contribution in [2.75, 3.05) is 0 Å². The van der Waals surface area contributed by atoms with E-state index in [-0.39, 0.29) is 23.7 Å². The van der Waals surface area contributed by atoms with Crippen LogP contribution >= 0.6 is 0 Å². The van der Waals surface area contributed by atoms with Crippen molar-refractivity contribution in [3.05, 3.63) is 65.7 Å². The molecule has 23 heavy (non-hydrogen) atoms. The van der Waals surface area contributed by atoms with Gasteiger partial charge in [0.25, 0.3) is 0 Å². The number of aromatic hydroxyl groups is 1. The van der Waals surface area contributed by atoms with Gasteiger partial charge in [-0.05, 0) is 42.5 Å². The van der Waals surface area contributed by atoms with Crippen LogP contribution in [0.1, 0.15) is 36.8 Å². The largest absolute Gasteiger partial charge is 0.508 e. The first kappa shape index (κ1) is 16.9. The Morgan fingerprint density at radius 3 is 2.04 bits per heavy atom. The number of phenols is 1. The highest BCUT2D eigenvalue weighted by Gasteiger charge is 2.10. The minimum Gasteiger partial charge on any atom is -0.508 e. The van der Waals surface area contributed by atoms with Gasteiger partial charge < -0.3 is 5.11 Å². The number of benzene rings is 2. The smallest absolute Gasteiger partial charge is 0.140 e. The van der Waals surface area contributed by atoms with E-state index in [1.165, 1.54) is 5.56 Å². The molecule has 0 bridgehead atoms. The number of hydrogen-bond donors (Lipinski definition) is 1. The molecule has 3 nitrogen and oxygen atoms in total. The summed E-state index contributed by atoms with van der Waals surface area (Å²) in [6.45, 7) is 0. The molecule has 120 valence electrons. The molecule has 2 aromatic carbocycles. The van der Waals surface area contributed by atoms with Gasteiger partial charge in [0.05, 0.1) is 6.42 Å². The van der Waals surface area contributed by atoms with Crippen molar-refractivity contribution in [1.29, 1.82) is 0 Å². The Morgan fingerprint density at radius 2 is 1.35 bits per heavy atom. The number of rotatable bonds is 9. The molecule has 0 atom stereocenters. The van der Waals surface area contributed by atoms with Crippen LogP contribution in [0.2, 0.25) is 0 Å². The summed E-state index contributed by atoms with van der Waals surface area (Å²) in [5.41, 5.74) is 2.21. The summed E-state index contributed by atoms with van der Waals surface area (Å²) in [7, 11) is 0. The van der Waals surface area contributed by atoms with Gasteiger partial charge in [0.1, 0.15) is 17.3 Å². The molecular formula is C20H22O3. The monoisotopic (exact) mass is 310 g/mol. The van der Waals surface area contributed by atoms with Crippen molar-refractivity contribution in [2.45, 2.75) is 38.5 Å². The maximum Gasteiger partial charge on any atom is 0.140 e. The summed E-state index contributed by atoms with van der Waals surface area (Å²) >= 11 is 0. The lowest BCUT2D eigenvalue weighted by molar-refractivity contribution is -0.127. The van der Waals surface area contributed by atoms with Crippen LogP contribution in [-0.2, 0) is 22.4 Å². The van der Waals surface area contributed by atoms with Crippen LogP contribution < -0.4 is 0 Å². The maximum absolute atomic E-state index is 11.9. The number of carbonyl (C=O) groups is 2. The molecule has 1 N–H and O–H groups in total. The van der Waals surface area contributed by atoms with Gasteiger partial charge in [0.2, 0.25) is 0 Å². The summed E-state index contributed by atoms with van der Waals surface area (Å²) in [6.07, 6.45) is 3.13. The summed E-state index contributed by atoms with van der Waals surface area (Å²) in [5, 5.41) is 9.21. The summed E-state index contributed by atoms with van der Waals surface area (Å²) in [6, 6.07) is 16.9. The van der Waals surface area contributed by atoms with Crippen LogP contribution in [0.15, 0.2) is 54.6 Å². The average Bonchev–Trinajstić information content (AvgIpc) is 2.55. The number of Topliss-reactive ketones (excluding diaryl/α,β-unsaturated/α-hetero) is 2. The zero-order chi connectivity index (χ0) is 16.5. The van der Waals surface area contributed by atoms with Crippen LogP contribution in [-0.4, -0.2) is 16.7 Å². The van der Waals surface area contributed by atoms with Crippen LogP contribution in [0, 0.1) is 0 Å². The molecular weight excluding hydrogens is 288 g/mol. The van der Waals surface area contributed by atoms with Gasteiger partial charge in [-0.3, -0.25) is 9.59 Å². The van der Waals surface area contributed by atoms with Crippen molar-refractivity contribution < 1.29 is 14.7 Å². The highest BCUT2D eigenvalue weighted by Crippen LogP contribution is 2.12. The minimum absolute atomic E-state index is 0.0113. The molecule has 0 aliphatic rings. The van der Waals surface area contributed by atoms with Crippen LogP contribution in [0.5, 0.6) is 5.75 Å². The molecule has 0 saturated carbocycles. The number of aryl methyl sites for hydroxylation is 2. The van der Waals surface area contributed by atoms with E-state index in [2.05, 4.69) is 0 Å². The molecule has 0 saturated heterocycles. The minimum atomic E-state index is -0.0113. The van der Waals surface area contributed by atoms with Crippen molar-refractivity contribution in [3.63, 3.8) is 0 Å². The predicted octanol–water partition coefficient (Wildman–Crippen LogP) is 3.88. The quantitative estimate of drug-likeness (QED) is 0.715. The lowest BCUT2D eigenvalue weighted by atomic mass is 10.0. The Hall–Kier alpha value is -2.42. The number of phenolic OH excluding ortho intramolecular Hbond substituents is 1. The van der Waals surface area contributed by atoms with Gasteiger partial charge >= 0.3 is 0 Å². The van der Waals surface area contributed by atoms with E-state index in [1.807, 2.05) is 30.3 Å².